The zero-order chi connectivity index (χ0) is 11.8. The lowest BCUT2D eigenvalue weighted by Crippen LogP contribution is -2.21. The van der Waals surface area contributed by atoms with Crippen LogP contribution in [-0.2, 0) is 20.1 Å². The first-order valence-electron chi connectivity index (χ1n) is 4.88. The number of carbonyl (C=O) groups is 1. The molecule has 1 aromatic rings. The summed E-state index contributed by atoms with van der Waals surface area (Å²) in [7, 11) is 0. The SMILES string of the molecule is CC1(c2ccc(C(S)C(N)=O)o2)OCCO1. The monoisotopic (exact) mass is 243 g/mol. The van der Waals surface area contributed by atoms with Crippen LogP contribution in [0.15, 0.2) is 16.5 Å². The highest BCUT2D eigenvalue weighted by Gasteiger charge is 2.37. The number of amides is 1. The third-order valence-corrected chi connectivity index (χ3v) is 2.96. The first kappa shape index (κ1) is 11.5. The van der Waals surface area contributed by atoms with Crippen LogP contribution in [0.2, 0.25) is 0 Å². The highest BCUT2D eigenvalue weighted by molar-refractivity contribution is 7.81. The average molecular weight is 243 g/mol. The Bertz CT molecular complexity index is 397. The number of furan rings is 1. The normalized spacial score (nSPS) is 20.9. The van der Waals surface area contributed by atoms with Gasteiger partial charge in [0.25, 0.3) is 0 Å². The van der Waals surface area contributed by atoms with E-state index in [2.05, 4.69) is 12.6 Å². The van der Waals surface area contributed by atoms with Gasteiger partial charge in [-0.3, -0.25) is 4.79 Å². The van der Waals surface area contributed by atoms with Crippen molar-refractivity contribution in [2.45, 2.75) is 18.0 Å². The van der Waals surface area contributed by atoms with Crippen LogP contribution < -0.4 is 5.73 Å². The Morgan fingerprint density at radius 2 is 2.12 bits per heavy atom. The van der Waals surface area contributed by atoms with Crippen molar-refractivity contribution >= 4 is 18.5 Å². The van der Waals surface area contributed by atoms with Crippen molar-refractivity contribution in [2.75, 3.05) is 13.2 Å². The van der Waals surface area contributed by atoms with E-state index in [0.717, 1.165) is 0 Å². The van der Waals surface area contributed by atoms with Crippen molar-refractivity contribution in [3.8, 4) is 0 Å². The second-order valence-corrected chi connectivity index (χ2v) is 4.17. The van der Waals surface area contributed by atoms with Crippen LogP contribution in [0.1, 0.15) is 23.7 Å². The third kappa shape index (κ3) is 1.95. The van der Waals surface area contributed by atoms with Gasteiger partial charge in [-0.15, -0.1) is 0 Å². The summed E-state index contributed by atoms with van der Waals surface area (Å²) in [6.45, 7) is 2.81. The molecular formula is C10H13NO4S. The number of primary amides is 1. The molecule has 1 saturated heterocycles. The van der Waals surface area contributed by atoms with E-state index in [-0.39, 0.29) is 0 Å². The van der Waals surface area contributed by atoms with Gasteiger partial charge in [-0.25, -0.2) is 0 Å². The average Bonchev–Trinajstić information content (AvgIpc) is 2.85. The number of ether oxygens (including phenoxy) is 2. The second-order valence-electron chi connectivity index (χ2n) is 3.65. The maximum atomic E-state index is 10.9. The van der Waals surface area contributed by atoms with Gasteiger partial charge in [0.05, 0.1) is 13.2 Å². The predicted octanol–water partition coefficient (Wildman–Crippen LogP) is 0.955. The Balaban J connectivity index is 2.22. The summed E-state index contributed by atoms with van der Waals surface area (Å²) in [5, 5.41) is -0.751. The molecule has 0 aliphatic carbocycles. The maximum absolute atomic E-state index is 10.9. The van der Waals surface area contributed by atoms with Gasteiger partial charge in [0, 0.05) is 0 Å². The Kier molecular flexibility index (Phi) is 2.96. The minimum atomic E-state index is -0.872. The predicted molar refractivity (Wildman–Crippen MR) is 58.9 cm³/mol. The van der Waals surface area contributed by atoms with Gasteiger partial charge in [0.2, 0.25) is 11.7 Å². The van der Waals surface area contributed by atoms with E-state index in [1.165, 1.54) is 0 Å². The van der Waals surface area contributed by atoms with Gasteiger partial charge >= 0.3 is 0 Å². The number of hydrogen-bond donors (Lipinski definition) is 2. The van der Waals surface area contributed by atoms with Gasteiger partial charge < -0.3 is 19.6 Å². The van der Waals surface area contributed by atoms with Crippen LogP contribution in [0.5, 0.6) is 0 Å². The fourth-order valence-electron chi connectivity index (χ4n) is 1.54. The summed E-state index contributed by atoms with van der Waals surface area (Å²) in [6, 6.07) is 3.35. The van der Waals surface area contributed by atoms with Crippen LogP contribution in [-0.4, -0.2) is 19.1 Å². The van der Waals surface area contributed by atoms with E-state index in [9.17, 15) is 4.79 Å². The molecule has 2 N–H and O–H groups in total. The number of hydrogen-bond acceptors (Lipinski definition) is 5. The van der Waals surface area contributed by atoms with Crippen LogP contribution in [0.4, 0.5) is 0 Å². The van der Waals surface area contributed by atoms with Gasteiger partial charge in [0.15, 0.2) is 5.76 Å². The molecule has 6 heteroatoms. The molecule has 2 rings (SSSR count). The van der Waals surface area contributed by atoms with Crippen molar-refractivity contribution in [1.29, 1.82) is 0 Å². The topological polar surface area (TPSA) is 74.7 Å². The summed E-state index contributed by atoms with van der Waals surface area (Å²) in [5.74, 6) is -0.516. The lowest BCUT2D eigenvalue weighted by molar-refractivity contribution is -0.163. The van der Waals surface area contributed by atoms with E-state index in [1.807, 2.05) is 0 Å². The molecule has 1 aliphatic heterocycles. The fraction of sp³-hybridized carbons (Fsp3) is 0.500. The van der Waals surface area contributed by atoms with E-state index in [4.69, 9.17) is 19.6 Å². The zero-order valence-corrected chi connectivity index (χ0v) is 9.70. The summed E-state index contributed by atoms with van der Waals surface area (Å²) >= 11 is 4.05. The largest absolute Gasteiger partial charge is 0.459 e. The van der Waals surface area contributed by atoms with Crippen molar-refractivity contribution in [2.24, 2.45) is 5.73 Å². The summed E-state index contributed by atoms with van der Waals surface area (Å²) in [4.78, 5) is 10.9. The molecule has 0 radical (unpaired) electrons. The Hall–Kier alpha value is -0.980. The van der Waals surface area contributed by atoms with E-state index < -0.39 is 16.9 Å². The van der Waals surface area contributed by atoms with Gasteiger partial charge in [-0.2, -0.15) is 12.6 Å². The van der Waals surface area contributed by atoms with Gasteiger partial charge in [0.1, 0.15) is 11.0 Å². The van der Waals surface area contributed by atoms with Crippen LogP contribution >= 0.6 is 12.6 Å². The maximum Gasteiger partial charge on any atom is 0.238 e. The minimum Gasteiger partial charge on any atom is -0.459 e. The van der Waals surface area contributed by atoms with Gasteiger partial charge in [-0.05, 0) is 19.1 Å². The smallest absolute Gasteiger partial charge is 0.238 e. The van der Waals surface area contributed by atoms with E-state index in [1.54, 1.807) is 19.1 Å². The molecule has 2 heterocycles. The van der Waals surface area contributed by atoms with Crippen molar-refractivity contribution < 1.29 is 18.7 Å². The lowest BCUT2D eigenvalue weighted by Gasteiger charge is -2.19. The number of carbonyl (C=O) groups excluding carboxylic acids is 1. The molecule has 1 aromatic heterocycles. The molecule has 1 fully saturated rings. The molecule has 1 atom stereocenters. The molecule has 0 saturated carbocycles. The van der Waals surface area contributed by atoms with Crippen molar-refractivity contribution in [3.05, 3.63) is 23.7 Å². The number of thiol groups is 1. The first-order valence-corrected chi connectivity index (χ1v) is 5.40. The first-order chi connectivity index (χ1) is 7.53. The number of nitrogens with two attached hydrogens (primary N) is 1. The third-order valence-electron chi connectivity index (χ3n) is 2.45. The molecule has 5 nitrogen and oxygen atoms in total. The highest BCUT2D eigenvalue weighted by atomic mass is 32.1. The molecule has 0 bridgehead atoms. The molecule has 1 aliphatic rings. The van der Waals surface area contributed by atoms with E-state index in [0.29, 0.717) is 24.7 Å². The molecule has 16 heavy (non-hydrogen) atoms. The zero-order valence-electron chi connectivity index (χ0n) is 8.80. The highest BCUT2D eigenvalue weighted by Crippen LogP contribution is 2.34. The molecular weight excluding hydrogens is 230 g/mol. The fourth-order valence-corrected chi connectivity index (χ4v) is 1.68. The molecule has 1 amide bonds. The quantitative estimate of drug-likeness (QED) is 0.775. The minimum absolute atomic E-state index is 0.395. The molecule has 0 aromatic carbocycles. The molecule has 88 valence electrons. The molecule has 1 unspecified atom stereocenters. The van der Waals surface area contributed by atoms with Crippen LogP contribution in [0, 0.1) is 0 Å². The van der Waals surface area contributed by atoms with Crippen LogP contribution in [0.3, 0.4) is 0 Å². The molecule has 0 spiro atoms. The standard InChI is InChI=1S/C10H13NO4S/c1-10(13-4-5-14-10)7-3-2-6(15-7)8(16)9(11)12/h2-3,8,16H,4-5H2,1H3,(H2,11,12). The van der Waals surface area contributed by atoms with Crippen LogP contribution in [0.25, 0.3) is 0 Å². The Labute approximate surface area is 98.3 Å². The lowest BCUT2D eigenvalue weighted by atomic mass is 10.2. The number of rotatable bonds is 3. The Morgan fingerprint density at radius 1 is 1.50 bits per heavy atom. The van der Waals surface area contributed by atoms with Crippen molar-refractivity contribution in [1.82, 2.24) is 0 Å². The summed E-state index contributed by atoms with van der Waals surface area (Å²) in [6.07, 6.45) is 0. The second kappa shape index (κ2) is 4.12. The van der Waals surface area contributed by atoms with E-state index >= 15 is 0 Å². The van der Waals surface area contributed by atoms with Gasteiger partial charge in [-0.1, -0.05) is 0 Å². The summed E-state index contributed by atoms with van der Waals surface area (Å²) in [5.41, 5.74) is 5.13. The van der Waals surface area contributed by atoms with Crippen molar-refractivity contribution in [3.63, 3.8) is 0 Å². The summed E-state index contributed by atoms with van der Waals surface area (Å²) < 4.78 is 16.3. The Morgan fingerprint density at radius 3 is 2.69 bits per heavy atom.